The number of aromatic hydroxyl groups is 1. The highest BCUT2D eigenvalue weighted by Crippen LogP contribution is 2.41. The Balaban J connectivity index is 1.70. The van der Waals surface area contributed by atoms with Crippen LogP contribution in [0.3, 0.4) is 0 Å². The molecule has 0 bridgehead atoms. The van der Waals surface area contributed by atoms with Crippen LogP contribution in [0.2, 0.25) is 0 Å². The van der Waals surface area contributed by atoms with Gasteiger partial charge in [0.1, 0.15) is 11.6 Å². The predicted molar refractivity (Wildman–Crippen MR) is 108 cm³/mol. The first kappa shape index (κ1) is 19.7. The van der Waals surface area contributed by atoms with Gasteiger partial charge in [0.25, 0.3) is 0 Å². The van der Waals surface area contributed by atoms with Gasteiger partial charge in [-0.15, -0.1) is 5.10 Å². The van der Waals surface area contributed by atoms with Crippen LogP contribution in [0.4, 0.5) is 0 Å². The number of hydrogen-bond acceptors (Lipinski definition) is 8. The number of fused-ring (bicyclic) bond motifs is 1. The zero-order valence-corrected chi connectivity index (χ0v) is 17.5. The van der Waals surface area contributed by atoms with Crippen molar-refractivity contribution in [2.24, 2.45) is 5.92 Å². The largest absolute Gasteiger partial charge is 0.497 e. The number of carbonyl (C=O) groups excluding carboxylic acids is 1. The molecule has 154 valence electrons. The fraction of sp³-hybridized carbons (Fsp3) is 0.450. The van der Waals surface area contributed by atoms with Crippen molar-refractivity contribution in [3.63, 3.8) is 0 Å². The Morgan fingerprint density at radius 1 is 1.24 bits per heavy atom. The predicted octanol–water partition coefficient (Wildman–Crippen LogP) is 2.79. The van der Waals surface area contributed by atoms with E-state index in [1.165, 1.54) is 23.0 Å². The van der Waals surface area contributed by atoms with Crippen LogP contribution < -0.4 is 4.74 Å². The Hall–Kier alpha value is -2.65. The number of piperidine rings is 1. The summed E-state index contributed by atoms with van der Waals surface area (Å²) in [6.45, 7) is 3.25. The van der Waals surface area contributed by atoms with E-state index in [1.807, 2.05) is 24.3 Å². The van der Waals surface area contributed by atoms with Crippen molar-refractivity contribution in [1.29, 1.82) is 0 Å². The lowest BCUT2D eigenvalue weighted by Crippen LogP contribution is -2.39. The van der Waals surface area contributed by atoms with Gasteiger partial charge in [-0.05, 0) is 50.6 Å². The number of aromatic nitrogens is 3. The highest BCUT2D eigenvalue weighted by molar-refractivity contribution is 7.17. The first-order chi connectivity index (χ1) is 14.0. The summed E-state index contributed by atoms with van der Waals surface area (Å²) in [5.41, 5.74) is 1.04. The average Bonchev–Trinajstić information content (AvgIpc) is 3.26. The molecule has 0 amide bonds. The minimum absolute atomic E-state index is 0.0775. The summed E-state index contributed by atoms with van der Waals surface area (Å²) in [5, 5.41) is 15.2. The van der Waals surface area contributed by atoms with Gasteiger partial charge in [0.2, 0.25) is 10.8 Å². The topological polar surface area (TPSA) is 89.2 Å². The van der Waals surface area contributed by atoms with E-state index in [-0.39, 0.29) is 23.8 Å². The maximum atomic E-state index is 11.9. The fourth-order valence-corrected chi connectivity index (χ4v) is 5.06. The number of carbonyl (C=O) groups is 1. The molecule has 29 heavy (non-hydrogen) atoms. The summed E-state index contributed by atoms with van der Waals surface area (Å²) in [4.78, 5) is 20.1. The Kier molecular flexibility index (Phi) is 5.42. The number of aryl methyl sites for hydroxylation is 1. The highest BCUT2D eigenvalue weighted by atomic mass is 32.1. The molecule has 2 aromatic heterocycles. The van der Waals surface area contributed by atoms with E-state index in [1.54, 1.807) is 14.0 Å². The third kappa shape index (κ3) is 3.67. The number of rotatable bonds is 5. The second-order valence-electron chi connectivity index (χ2n) is 7.15. The Bertz CT molecular complexity index is 1010. The van der Waals surface area contributed by atoms with Crippen molar-refractivity contribution in [2.75, 3.05) is 27.3 Å². The van der Waals surface area contributed by atoms with Crippen LogP contribution in [0.1, 0.15) is 35.1 Å². The molecule has 0 saturated carbocycles. The molecule has 1 atom stereocenters. The number of nitrogens with zero attached hydrogens (tertiary/aromatic N) is 4. The van der Waals surface area contributed by atoms with Crippen LogP contribution in [-0.2, 0) is 9.53 Å². The summed E-state index contributed by atoms with van der Waals surface area (Å²) in [6.07, 6.45) is 1.44. The van der Waals surface area contributed by atoms with Crippen molar-refractivity contribution >= 4 is 22.3 Å². The zero-order valence-electron chi connectivity index (χ0n) is 16.7. The van der Waals surface area contributed by atoms with Crippen molar-refractivity contribution < 1.29 is 19.4 Å². The molecule has 0 radical (unpaired) electrons. The van der Waals surface area contributed by atoms with Gasteiger partial charge in [-0.2, -0.15) is 4.52 Å². The first-order valence-corrected chi connectivity index (χ1v) is 10.3. The molecule has 1 unspecified atom stereocenters. The van der Waals surface area contributed by atoms with E-state index in [4.69, 9.17) is 9.47 Å². The third-order valence-corrected chi connectivity index (χ3v) is 6.49. The van der Waals surface area contributed by atoms with E-state index in [2.05, 4.69) is 15.0 Å². The van der Waals surface area contributed by atoms with Gasteiger partial charge in [0.15, 0.2) is 0 Å². The van der Waals surface area contributed by atoms with Gasteiger partial charge in [-0.25, -0.2) is 4.98 Å². The van der Waals surface area contributed by atoms with E-state index in [9.17, 15) is 9.90 Å². The number of methoxy groups -OCH3 is 2. The number of benzene rings is 1. The van der Waals surface area contributed by atoms with Crippen molar-refractivity contribution in [1.82, 2.24) is 19.5 Å². The maximum Gasteiger partial charge on any atom is 0.308 e. The molecule has 1 fully saturated rings. The summed E-state index contributed by atoms with van der Waals surface area (Å²) in [7, 11) is 3.07. The van der Waals surface area contributed by atoms with Gasteiger partial charge in [0.05, 0.1) is 31.1 Å². The summed E-state index contributed by atoms with van der Waals surface area (Å²) in [5.74, 6) is 1.29. The fourth-order valence-electron chi connectivity index (χ4n) is 3.90. The molecule has 8 nitrogen and oxygen atoms in total. The molecule has 1 N–H and O–H groups in total. The molecule has 1 aromatic carbocycles. The molecule has 4 rings (SSSR count). The van der Waals surface area contributed by atoms with Crippen molar-refractivity contribution in [3.8, 4) is 11.6 Å². The van der Waals surface area contributed by atoms with E-state index in [0.29, 0.717) is 10.8 Å². The lowest BCUT2D eigenvalue weighted by molar-refractivity contribution is -0.147. The molecule has 1 aliphatic heterocycles. The average molecular weight is 417 g/mol. The summed E-state index contributed by atoms with van der Waals surface area (Å²) < 4.78 is 11.7. The highest BCUT2D eigenvalue weighted by Gasteiger charge is 2.34. The van der Waals surface area contributed by atoms with Crippen LogP contribution in [-0.4, -0.2) is 57.9 Å². The molecule has 0 aliphatic carbocycles. The van der Waals surface area contributed by atoms with E-state index >= 15 is 0 Å². The van der Waals surface area contributed by atoms with Crippen LogP contribution in [0.25, 0.3) is 4.96 Å². The van der Waals surface area contributed by atoms with Gasteiger partial charge in [-0.3, -0.25) is 9.69 Å². The Labute approximate surface area is 172 Å². The van der Waals surface area contributed by atoms with Crippen LogP contribution in [0.15, 0.2) is 24.3 Å². The summed E-state index contributed by atoms with van der Waals surface area (Å²) in [6, 6.07) is 7.70. The molecule has 9 heteroatoms. The SMILES string of the molecule is COC(=O)C1CCN(C(c2ccc(OC)cc2)c2sc3nc(C)nn3c2O)CC1. The molecule has 3 aromatic rings. The lowest BCUT2D eigenvalue weighted by Gasteiger charge is -2.36. The molecule has 1 saturated heterocycles. The number of ether oxygens (including phenoxy) is 2. The Morgan fingerprint density at radius 3 is 2.52 bits per heavy atom. The summed E-state index contributed by atoms with van der Waals surface area (Å²) >= 11 is 1.44. The molecular weight excluding hydrogens is 392 g/mol. The number of esters is 1. The molecule has 3 heterocycles. The minimum Gasteiger partial charge on any atom is -0.497 e. The number of thiazole rings is 1. The second kappa shape index (κ2) is 8.00. The van der Waals surface area contributed by atoms with Gasteiger partial charge in [0, 0.05) is 0 Å². The number of likely N-dealkylation sites (tertiary alicyclic amines) is 1. The van der Waals surface area contributed by atoms with Crippen LogP contribution >= 0.6 is 11.3 Å². The van der Waals surface area contributed by atoms with Crippen LogP contribution in [0.5, 0.6) is 11.6 Å². The van der Waals surface area contributed by atoms with Crippen molar-refractivity contribution in [2.45, 2.75) is 25.8 Å². The molecular formula is C20H24N4O4S. The minimum atomic E-state index is -0.159. The smallest absolute Gasteiger partial charge is 0.308 e. The van der Waals surface area contributed by atoms with Crippen LogP contribution in [0, 0.1) is 12.8 Å². The normalized spacial score (nSPS) is 16.8. The third-order valence-electron chi connectivity index (χ3n) is 5.41. The Morgan fingerprint density at radius 2 is 1.93 bits per heavy atom. The molecule has 0 spiro atoms. The van der Waals surface area contributed by atoms with Gasteiger partial charge < -0.3 is 14.6 Å². The maximum absolute atomic E-state index is 11.9. The number of hydrogen-bond donors (Lipinski definition) is 1. The van der Waals surface area contributed by atoms with Crippen molar-refractivity contribution in [3.05, 3.63) is 40.5 Å². The van der Waals surface area contributed by atoms with Gasteiger partial charge in [-0.1, -0.05) is 23.5 Å². The quantitative estimate of drug-likeness (QED) is 0.640. The second-order valence-corrected chi connectivity index (χ2v) is 8.16. The molecule has 1 aliphatic rings. The zero-order chi connectivity index (χ0) is 20.5. The monoisotopic (exact) mass is 416 g/mol. The lowest BCUT2D eigenvalue weighted by atomic mass is 9.93. The van der Waals surface area contributed by atoms with E-state index < -0.39 is 0 Å². The van der Waals surface area contributed by atoms with Gasteiger partial charge >= 0.3 is 5.97 Å². The first-order valence-electron chi connectivity index (χ1n) is 9.52. The van der Waals surface area contributed by atoms with E-state index in [0.717, 1.165) is 42.1 Å². The standard InChI is InChI=1S/C20H24N4O4S/c1-12-21-20-24(22-12)18(25)17(29-20)16(13-4-6-15(27-2)7-5-13)23-10-8-14(9-11-23)19(26)28-3/h4-7,14,16,25H,8-11H2,1-3H3.